The Morgan fingerprint density at radius 2 is 2.12 bits per heavy atom. The summed E-state index contributed by atoms with van der Waals surface area (Å²) in [4.78, 5) is 7.41. The Labute approximate surface area is 179 Å². The molecular formula is C18H33IN6S. The highest BCUT2D eigenvalue weighted by atomic mass is 127. The smallest absolute Gasteiger partial charge is 0.194 e. The van der Waals surface area contributed by atoms with E-state index in [4.69, 9.17) is 4.99 Å². The molecule has 1 saturated carbocycles. The van der Waals surface area contributed by atoms with E-state index in [1.54, 1.807) is 0 Å². The Morgan fingerprint density at radius 3 is 2.85 bits per heavy atom. The summed E-state index contributed by atoms with van der Waals surface area (Å²) < 4.78 is 2.58. The van der Waals surface area contributed by atoms with E-state index in [-0.39, 0.29) is 24.0 Å². The molecule has 6 nitrogen and oxygen atoms in total. The van der Waals surface area contributed by atoms with Crippen molar-refractivity contribution in [3.63, 3.8) is 0 Å². The van der Waals surface area contributed by atoms with Crippen LogP contribution in [0.5, 0.6) is 0 Å². The highest BCUT2D eigenvalue weighted by Gasteiger charge is 2.38. The van der Waals surface area contributed by atoms with Crippen LogP contribution >= 0.6 is 35.7 Å². The molecule has 0 aromatic carbocycles. The van der Waals surface area contributed by atoms with Gasteiger partial charge in [0, 0.05) is 43.1 Å². The Balaban J connectivity index is 0.00000243. The maximum absolute atomic E-state index is 4.91. The van der Waals surface area contributed by atoms with E-state index in [1.807, 2.05) is 6.33 Å². The minimum atomic E-state index is 0. The van der Waals surface area contributed by atoms with E-state index >= 15 is 0 Å². The number of nitrogens with one attached hydrogen (secondary N) is 1. The van der Waals surface area contributed by atoms with Crippen LogP contribution in [0.15, 0.2) is 11.3 Å². The van der Waals surface area contributed by atoms with Crippen LogP contribution in [-0.2, 0) is 13.0 Å². The molecule has 1 aromatic rings. The molecule has 1 spiro atoms. The maximum Gasteiger partial charge on any atom is 0.194 e. The van der Waals surface area contributed by atoms with Crippen molar-refractivity contribution in [2.24, 2.45) is 4.99 Å². The SMILES string of the molecule is CCNC(=NCCn1cnnc1CC)N1CCSC2(CCCCC2)C1.I. The van der Waals surface area contributed by atoms with Crippen LogP contribution in [0.3, 0.4) is 0 Å². The molecule has 3 rings (SSSR count). The third-order valence-electron chi connectivity index (χ3n) is 5.26. The second-order valence-corrected chi connectivity index (χ2v) is 8.61. The number of rotatable bonds is 5. The summed E-state index contributed by atoms with van der Waals surface area (Å²) >= 11 is 2.21. The van der Waals surface area contributed by atoms with Crippen LogP contribution in [0, 0.1) is 0 Å². The highest BCUT2D eigenvalue weighted by Crippen LogP contribution is 2.42. The lowest BCUT2D eigenvalue weighted by molar-refractivity contribution is 0.293. The second-order valence-electron chi connectivity index (χ2n) is 7.04. The molecule has 0 unspecified atom stereocenters. The highest BCUT2D eigenvalue weighted by molar-refractivity contribution is 14.0. The van der Waals surface area contributed by atoms with Crippen molar-refractivity contribution in [1.82, 2.24) is 25.0 Å². The van der Waals surface area contributed by atoms with Crippen molar-refractivity contribution in [3.8, 4) is 0 Å². The third-order valence-corrected chi connectivity index (χ3v) is 6.80. The third kappa shape index (κ3) is 5.50. The number of hydrogen-bond donors (Lipinski definition) is 1. The van der Waals surface area contributed by atoms with Gasteiger partial charge in [-0.3, -0.25) is 4.99 Å². The quantitative estimate of drug-likeness (QED) is 0.389. The van der Waals surface area contributed by atoms with Gasteiger partial charge in [-0.15, -0.1) is 34.2 Å². The molecule has 0 radical (unpaired) electrons. The first kappa shape index (κ1) is 21.8. The minimum absolute atomic E-state index is 0. The predicted octanol–water partition coefficient (Wildman–Crippen LogP) is 3.18. The van der Waals surface area contributed by atoms with Crippen molar-refractivity contribution in [3.05, 3.63) is 12.2 Å². The molecule has 0 atom stereocenters. The number of hydrogen-bond acceptors (Lipinski definition) is 4. The van der Waals surface area contributed by atoms with Crippen molar-refractivity contribution in [2.45, 2.75) is 63.7 Å². The van der Waals surface area contributed by atoms with Gasteiger partial charge >= 0.3 is 0 Å². The van der Waals surface area contributed by atoms with E-state index < -0.39 is 0 Å². The molecule has 148 valence electrons. The van der Waals surface area contributed by atoms with Crippen LogP contribution < -0.4 is 5.32 Å². The lowest BCUT2D eigenvalue weighted by Crippen LogP contribution is -2.53. The molecule has 1 aliphatic carbocycles. The zero-order valence-corrected chi connectivity index (χ0v) is 19.3. The van der Waals surface area contributed by atoms with Crippen LogP contribution in [-0.4, -0.2) is 62.3 Å². The van der Waals surface area contributed by atoms with E-state index in [2.05, 4.69) is 50.6 Å². The second kappa shape index (κ2) is 10.7. The molecule has 0 bridgehead atoms. The van der Waals surface area contributed by atoms with Crippen molar-refractivity contribution in [1.29, 1.82) is 0 Å². The van der Waals surface area contributed by atoms with Gasteiger partial charge in [0.2, 0.25) is 0 Å². The zero-order valence-electron chi connectivity index (χ0n) is 16.1. The standard InChI is InChI=1S/C18H32N6S.HI/c1-3-16-22-21-15-24(16)11-10-20-17(19-4-2)23-12-13-25-18(14-23)8-6-5-7-9-18;/h15H,3-14H2,1-2H3,(H,19,20);1H. The fourth-order valence-electron chi connectivity index (χ4n) is 3.95. The average Bonchev–Trinajstić information content (AvgIpc) is 3.09. The summed E-state index contributed by atoms with van der Waals surface area (Å²) in [5, 5.41) is 11.7. The van der Waals surface area contributed by atoms with Crippen LogP contribution in [0.4, 0.5) is 0 Å². The van der Waals surface area contributed by atoms with Gasteiger partial charge in [-0.25, -0.2) is 0 Å². The molecular weight excluding hydrogens is 459 g/mol. The van der Waals surface area contributed by atoms with Crippen molar-refractivity contribution < 1.29 is 0 Å². The number of guanidine groups is 1. The van der Waals surface area contributed by atoms with Gasteiger partial charge in [0.05, 0.1) is 6.54 Å². The van der Waals surface area contributed by atoms with Gasteiger partial charge in [-0.05, 0) is 19.8 Å². The van der Waals surface area contributed by atoms with E-state index in [9.17, 15) is 0 Å². The van der Waals surface area contributed by atoms with Crippen LogP contribution in [0.25, 0.3) is 0 Å². The van der Waals surface area contributed by atoms with Crippen LogP contribution in [0.1, 0.15) is 51.8 Å². The Kier molecular flexibility index (Phi) is 8.99. The van der Waals surface area contributed by atoms with Crippen molar-refractivity contribution in [2.75, 3.05) is 31.9 Å². The monoisotopic (exact) mass is 492 g/mol. The first-order chi connectivity index (χ1) is 12.3. The summed E-state index contributed by atoms with van der Waals surface area (Å²) in [6.45, 7) is 9.05. The number of aliphatic imine (C=N–C) groups is 1. The van der Waals surface area contributed by atoms with Gasteiger partial charge < -0.3 is 14.8 Å². The summed E-state index contributed by atoms with van der Waals surface area (Å²) in [7, 11) is 0. The molecule has 1 saturated heterocycles. The molecule has 26 heavy (non-hydrogen) atoms. The van der Waals surface area contributed by atoms with Gasteiger partial charge in [0.25, 0.3) is 0 Å². The maximum atomic E-state index is 4.91. The number of nitrogens with zero attached hydrogens (tertiary/aromatic N) is 5. The van der Waals surface area contributed by atoms with E-state index in [0.29, 0.717) is 4.75 Å². The molecule has 1 aliphatic heterocycles. The Hall–Kier alpha value is -0.510. The number of aromatic nitrogens is 3. The lowest BCUT2D eigenvalue weighted by Gasteiger charge is -2.45. The minimum Gasteiger partial charge on any atom is -0.357 e. The topological polar surface area (TPSA) is 58.3 Å². The number of halogens is 1. The first-order valence-corrected chi connectivity index (χ1v) is 10.8. The predicted molar refractivity (Wildman–Crippen MR) is 121 cm³/mol. The van der Waals surface area contributed by atoms with Gasteiger partial charge in [0.1, 0.15) is 12.2 Å². The summed E-state index contributed by atoms with van der Waals surface area (Å²) in [6, 6.07) is 0. The fraction of sp³-hybridized carbons (Fsp3) is 0.833. The Morgan fingerprint density at radius 1 is 1.31 bits per heavy atom. The molecule has 1 N–H and O–H groups in total. The van der Waals surface area contributed by atoms with Gasteiger partial charge in [-0.1, -0.05) is 26.2 Å². The number of aryl methyl sites for hydroxylation is 1. The Bertz CT molecular complexity index is 564. The zero-order chi connectivity index (χ0) is 17.5. The molecule has 2 aliphatic rings. The molecule has 1 aromatic heterocycles. The summed E-state index contributed by atoms with van der Waals surface area (Å²) in [6.07, 6.45) is 9.66. The summed E-state index contributed by atoms with van der Waals surface area (Å²) in [5.74, 6) is 3.34. The van der Waals surface area contributed by atoms with Gasteiger partial charge in [0.15, 0.2) is 5.96 Å². The largest absolute Gasteiger partial charge is 0.357 e. The summed E-state index contributed by atoms with van der Waals surface area (Å²) in [5.41, 5.74) is 0. The molecule has 8 heteroatoms. The van der Waals surface area contributed by atoms with E-state index in [0.717, 1.165) is 50.9 Å². The average molecular weight is 492 g/mol. The molecule has 2 heterocycles. The molecule has 0 amide bonds. The molecule has 2 fully saturated rings. The van der Waals surface area contributed by atoms with Gasteiger partial charge in [-0.2, -0.15) is 11.8 Å². The first-order valence-electron chi connectivity index (χ1n) is 9.80. The van der Waals surface area contributed by atoms with E-state index in [1.165, 1.54) is 37.9 Å². The lowest BCUT2D eigenvalue weighted by atomic mass is 9.87. The van der Waals surface area contributed by atoms with Crippen molar-refractivity contribution >= 4 is 41.7 Å². The normalized spacial score (nSPS) is 20.1. The van der Waals surface area contributed by atoms with Crippen LogP contribution in [0.2, 0.25) is 0 Å². The number of thioether (sulfide) groups is 1. The fourth-order valence-corrected chi connectivity index (χ4v) is 5.52.